The van der Waals surface area contributed by atoms with Crippen LogP contribution in [-0.2, 0) is 10.0 Å². The number of rotatable bonds is 3. The molecule has 5 N–H and O–H groups in total. The fourth-order valence-electron chi connectivity index (χ4n) is 1.09. The van der Waals surface area contributed by atoms with Crippen LogP contribution in [0.5, 0.6) is 0 Å². The Hall–Kier alpha value is -1.93. The molecule has 1 amide bonds. The molecule has 0 bridgehead atoms. The van der Waals surface area contributed by atoms with Crippen molar-refractivity contribution in [2.45, 2.75) is 4.90 Å². The molecule has 0 radical (unpaired) electrons. The van der Waals surface area contributed by atoms with Gasteiger partial charge in [0.25, 0.3) is 0 Å². The Morgan fingerprint density at radius 3 is 2.12 bits per heavy atom. The van der Waals surface area contributed by atoms with Gasteiger partial charge in [0, 0.05) is 0 Å². The highest BCUT2D eigenvalue weighted by atomic mass is 32.2. The van der Waals surface area contributed by atoms with Crippen molar-refractivity contribution in [3.05, 3.63) is 29.3 Å². The summed E-state index contributed by atoms with van der Waals surface area (Å²) in [7, 11) is -4.00. The third-order valence-electron chi connectivity index (χ3n) is 1.82. The van der Waals surface area contributed by atoms with Gasteiger partial charge in [0.1, 0.15) is 0 Å². The molecule has 1 aromatic carbocycles. The number of sulfonamides is 1. The molecule has 0 fully saturated rings. The largest absolute Gasteiger partial charge is 0.478 e. The number of hydrogen-bond donors (Lipinski definition) is 3. The van der Waals surface area contributed by atoms with E-state index in [1.54, 1.807) is 0 Å². The summed E-state index contributed by atoms with van der Waals surface area (Å²) in [5, 5.41) is 13.5. The maximum atomic E-state index is 11.0. The molecule has 0 spiro atoms. The maximum absolute atomic E-state index is 11.0. The van der Waals surface area contributed by atoms with Crippen LogP contribution in [0.3, 0.4) is 0 Å². The minimum absolute atomic E-state index is 0.369. The first-order valence-corrected chi connectivity index (χ1v) is 5.48. The Labute approximate surface area is 90.7 Å². The second-order valence-corrected chi connectivity index (χ2v) is 4.48. The van der Waals surface area contributed by atoms with E-state index in [4.69, 9.17) is 16.0 Å². The van der Waals surface area contributed by atoms with E-state index in [2.05, 4.69) is 0 Å². The zero-order chi connectivity index (χ0) is 12.5. The lowest BCUT2D eigenvalue weighted by Crippen LogP contribution is -2.19. The van der Waals surface area contributed by atoms with E-state index < -0.39 is 27.5 Å². The van der Waals surface area contributed by atoms with Crippen LogP contribution in [0.4, 0.5) is 0 Å². The Kier molecular flexibility index (Phi) is 2.97. The van der Waals surface area contributed by atoms with Crippen LogP contribution in [-0.4, -0.2) is 25.4 Å². The zero-order valence-electron chi connectivity index (χ0n) is 7.88. The highest BCUT2D eigenvalue weighted by Crippen LogP contribution is 2.14. The SMILES string of the molecule is NC(=O)c1cc(S(N)(=O)=O)ccc1C(=O)O. The van der Waals surface area contributed by atoms with Gasteiger partial charge in [0.15, 0.2) is 0 Å². The lowest BCUT2D eigenvalue weighted by atomic mass is 10.1. The number of primary amides is 1. The summed E-state index contributed by atoms with van der Waals surface area (Å²) in [5.74, 6) is -2.42. The van der Waals surface area contributed by atoms with Crippen LogP contribution < -0.4 is 10.9 Å². The van der Waals surface area contributed by atoms with E-state index in [9.17, 15) is 18.0 Å². The van der Waals surface area contributed by atoms with Crippen molar-refractivity contribution in [3.8, 4) is 0 Å². The quantitative estimate of drug-likeness (QED) is 0.633. The Bertz CT molecular complexity index is 564. The number of carbonyl (C=O) groups is 2. The molecule has 0 aromatic heterocycles. The maximum Gasteiger partial charge on any atom is 0.336 e. The lowest BCUT2D eigenvalue weighted by molar-refractivity contribution is 0.0692. The number of nitrogens with two attached hydrogens (primary N) is 2. The molecular weight excluding hydrogens is 236 g/mol. The molecule has 0 aliphatic rings. The number of carboxylic acid groups (broad SMARTS) is 1. The molecule has 0 aliphatic heterocycles. The fraction of sp³-hybridized carbons (Fsp3) is 0. The Morgan fingerprint density at radius 1 is 1.19 bits per heavy atom. The molecule has 0 aliphatic carbocycles. The topological polar surface area (TPSA) is 141 Å². The van der Waals surface area contributed by atoms with E-state index in [0.717, 1.165) is 18.2 Å². The molecule has 0 atom stereocenters. The van der Waals surface area contributed by atoms with Gasteiger partial charge in [0.2, 0.25) is 15.9 Å². The van der Waals surface area contributed by atoms with Crippen molar-refractivity contribution in [3.63, 3.8) is 0 Å². The number of amides is 1. The number of carbonyl (C=O) groups excluding carboxylic acids is 1. The summed E-state index contributed by atoms with van der Waals surface area (Å²) in [6.45, 7) is 0. The van der Waals surface area contributed by atoms with Crippen molar-refractivity contribution in [2.75, 3.05) is 0 Å². The smallest absolute Gasteiger partial charge is 0.336 e. The van der Waals surface area contributed by atoms with Gasteiger partial charge >= 0.3 is 5.97 Å². The average Bonchev–Trinajstić information content (AvgIpc) is 2.15. The van der Waals surface area contributed by atoms with Gasteiger partial charge in [-0.2, -0.15) is 0 Å². The summed E-state index contributed by atoms with van der Waals surface area (Å²) in [5.41, 5.74) is 4.15. The molecule has 16 heavy (non-hydrogen) atoms. The first kappa shape index (κ1) is 12.1. The minimum atomic E-state index is -4.00. The van der Waals surface area contributed by atoms with Crippen LogP contribution in [0.1, 0.15) is 20.7 Å². The van der Waals surface area contributed by atoms with Gasteiger partial charge in [-0.15, -0.1) is 0 Å². The second-order valence-electron chi connectivity index (χ2n) is 2.92. The Balaban J connectivity index is 3.52. The molecule has 0 heterocycles. The molecule has 7 nitrogen and oxygen atoms in total. The predicted molar refractivity (Wildman–Crippen MR) is 53.3 cm³/mol. The van der Waals surface area contributed by atoms with E-state index in [0.29, 0.717) is 0 Å². The van der Waals surface area contributed by atoms with Crippen molar-refractivity contribution in [1.82, 2.24) is 0 Å². The highest BCUT2D eigenvalue weighted by molar-refractivity contribution is 7.89. The van der Waals surface area contributed by atoms with Gasteiger partial charge in [-0.05, 0) is 18.2 Å². The van der Waals surface area contributed by atoms with E-state index in [-0.39, 0.29) is 10.5 Å². The normalized spacial score (nSPS) is 11.1. The third kappa shape index (κ3) is 2.35. The third-order valence-corrected chi connectivity index (χ3v) is 2.73. The Morgan fingerprint density at radius 2 is 1.75 bits per heavy atom. The molecule has 86 valence electrons. The molecular formula is C8H8N2O5S. The molecule has 1 rings (SSSR count). The molecule has 1 aromatic rings. The van der Waals surface area contributed by atoms with Gasteiger partial charge < -0.3 is 10.8 Å². The van der Waals surface area contributed by atoms with Crippen molar-refractivity contribution in [1.29, 1.82) is 0 Å². The van der Waals surface area contributed by atoms with Crippen LogP contribution >= 0.6 is 0 Å². The summed E-state index contributed by atoms with van der Waals surface area (Å²) in [6.07, 6.45) is 0. The van der Waals surface area contributed by atoms with Gasteiger partial charge in [-0.25, -0.2) is 18.4 Å². The number of benzene rings is 1. The van der Waals surface area contributed by atoms with E-state index in [1.165, 1.54) is 0 Å². The summed E-state index contributed by atoms with van der Waals surface area (Å²) >= 11 is 0. The first-order valence-electron chi connectivity index (χ1n) is 3.93. The first-order chi connectivity index (χ1) is 7.23. The molecule has 0 saturated heterocycles. The second kappa shape index (κ2) is 3.91. The van der Waals surface area contributed by atoms with Crippen LogP contribution in [0.2, 0.25) is 0 Å². The summed E-state index contributed by atoms with van der Waals surface area (Å²) in [6, 6.07) is 2.79. The number of primary sulfonamides is 1. The summed E-state index contributed by atoms with van der Waals surface area (Å²) in [4.78, 5) is 21.3. The van der Waals surface area contributed by atoms with E-state index >= 15 is 0 Å². The zero-order valence-corrected chi connectivity index (χ0v) is 8.69. The molecule has 0 saturated carbocycles. The van der Waals surface area contributed by atoms with E-state index in [1.807, 2.05) is 0 Å². The van der Waals surface area contributed by atoms with Crippen LogP contribution in [0.15, 0.2) is 23.1 Å². The van der Waals surface area contributed by atoms with Crippen LogP contribution in [0, 0.1) is 0 Å². The number of aromatic carboxylic acids is 1. The minimum Gasteiger partial charge on any atom is -0.478 e. The van der Waals surface area contributed by atoms with Crippen molar-refractivity contribution in [2.24, 2.45) is 10.9 Å². The predicted octanol–water partition coefficient (Wildman–Crippen LogP) is -0.869. The molecule has 0 unspecified atom stereocenters. The average molecular weight is 244 g/mol. The van der Waals surface area contributed by atoms with Crippen LogP contribution in [0.25, 0.3) is 0 Å². The highest BCUT2D eigenvalue weighted by Gasteiger charge is 2.18. The number of carboxylic acids is 1. The van der Waals surface area contributed by atoms with Crippen molar-refractivity contribution < 1.29 is 23.1 Å². The fourth-order valence-corrected chi connectivity index (χ4v) is 1.63. The monoisotopic (exact) mass is 244 g/mol. The lowest BCUT2D eigenvalue weighted by Gasteiger charge is -2.04. The summed E-state index contributed by atoms with van der Waals surface area (Å²) < 4.78 is 21.9. The van der Waals surface area contributed by atoms with Gasteiger partial charge in [-0.1, -0.05) is 0 Å². The van der Waals surface area contributed by atoms with Gasteiger partial charge in [-0.3, -0.25) is 4.79 Å². The standard InChI is InChI=1S/C8H8N2O5S/c9-7(11)6-3-4(16(10,14)15)1-2-5(6)8(12)13/h1-3H,(H2,9,11)(H,12,13)(H2,10,14,15). The van der Waals surface area contributed by atoms with Gasteiger partial charge in [0.05, 0.1) is 16.0 Å². The molecule has 8 heteroatoms. The van der Waals surface area contributed by atoms with Crippen molar-refractivity contribution >= 4 is 21.9 Å². The number of hydrogen-bond acceptors (Lipinski definition) is 4.